The lowest BCUT2D eigenvalue weighted by Crippen LogP contribution is -2.55. The van der Waals surface area contributed by atoms with Gasteiger partial charge >= 0.3 is 0 Å². The van der Waals surface area contributed by atoms with Gasteiger partial charge in [0.2, 0.25) is 0 Å². The van der Waals surface area contributed by atoms with Gasteiger partial charge in [0.15, 0.2) is 0 Å². The molecule has 0 aromatic heterocycles. The molecule has 1 atom stereocenters. The fraction of sp³-hybridized carbons (Fsp3) is 1.00. The molecule has 0 saturated carbocycles. The predicted octanol–water partition coefficient (Wildman–Crippen LogP) is 1.56. The molecule has 1 aliphatic heterocycles. The highest BCUT2D eigenvalue weighted by Crippen LogP contribution is 2.34. The summed E-state index contributed by atoms with van der Waals surface area (Å²) in [4.78, 5) is 0. The van der Waals surface area contributed by atoms with Crippen LogP contribution in [0.4, 0.5) is 0 Å². The van der Waals surface area contributed by atoms with E-state index in [9.17, 15) is 0 Å². The van der Waals surface area contributed by atoms with Crippen molar-refractivity contribution in [1.82, 2.24) is 9.20 Å². The Kier molecular flexibility index (Phi) is 3.70. The smallest absolute Gasteiger partial charge is 0.256 e. The molecule has 1 fully saturated rings. The zero-order valence-corrected chi connectivity index (χ0v) is 11.4. The highest BCUT2D eigenvalue weighted by molar-refractivity contribution is 6.04. The third kappa shape index (κ3) is 2.73. The Hall–Kier alpha value is 0.452. The third-order valence-electron chi connectivity index (χ3n) is 3.64. The average molecular weight is 210 g/mol. The van der Waals surface area contributed by atoms with E-state index in [1.54, 1.807) is 0 Å². The molecule has 1 rings (SSSR count). The molecule has 2 radical (unpaired) electrons. The molecule has 80 valence electrons. The Morgan fingerprint density at radius 2 is 1.86 bits per heavy atom. The molecule has 1 unspecified atom stereocenters. The maximum atomic E-state index is 3.59. The first-order valence-electron chi connectivity index (χ1n) is 5.51. The summed E-state index contributed by atoms with van der Waals surface area (Å²) in [5.74, 6) is 0. The first-order chi connectivity index (χ1) is 6.26. The lowest BCUT2D eigenvalue weighted by molar-refractivity contribution is 0.0984. The molecule has 0 aromatic carbocycles. The summed E-state index contributed by atoms with van der Waals surface area (Å²) >= 11 is 2.87. The molecule has 0 aliphatic carbocycles. The van der Waals surface area contributed by atoms with Crippen molar-refractivity contribution in [2.75, 3.05) is 13.1 Å². The Bertz CT molecular complexity index is 181. The predicted molar refractivity (Wildman–Crippen MR) is 62.4 cm³/mol. The second kappa shape index (κ2) is 4.14. The van der Waals surface area contributed by atoms with Crippen molar-refractivity contribution in [2.24, 2.45) is 5.41 Å². The van der Waals surface area contributed by atoms with Gasteiger partial charge in [0, 0.05) is 12.6 Å². The topological polar surface area (TPSA) is 15.3 Å². The van der Waals surface area contributed by atoms with Gasteiger partial charge in [0.05, 0.1) is 0 Å². The summed E-state index contributed by atoms with van der Waals surface area (Å²) in [6, 6.07) is 0.598. The molecule has 3 heteroatoms. The van der Waals surface area contributed by atoms with Gasteiger partial charge in [-0.3, -0.25) is 0 Å². The Balaban J connectivity index is 2.81. The zero-order chi connectivity index (χ0) is 11.0. The molecule has 1 aliphatic rings. The molecule has 14 heavy (non-hydrogen) atoms. The lowest BCUT2D eigenvalue weighted by atomic mass is 9.74. The summed E-state index contributed by atoms with van der Waals surface area (Å²) in [6.07, 6.45) is 1.22. The Morgan fingerprint density at radius 3 is 2.43 bits per heavy atom. The molecule has 0 bridgehead atoms. The standard InChI is InChI=1S/C11H23N2.Al/c1-9-10(2,3)8-11(4,5)13-7-6-12-9;/h9,12H,6-8H2,1-5H3;/q-1;+1. The molecule has 0 aromatic rings. The van der Waals surface area contributed by atoms with Gasteiger partial charge in [-0.1, -0.05) is 13.8 Å². The van der Waals surface area contributed by atoms with E-state index in [4.69, 9.17) is 0 Å². The maximum absolute atomic E-state index is 3.59. The zero-order valence-electron chi connectivity index (χ0n) is 10.2. The maximum Gasteiger partial charge on any atom is 0.256 e. The van der Waals surface area contributed by atoms with Gasteiger partial charge in [-0.15, -0.1) is 0 Å². The number of hydrogen-bond donors (Lipinski definition) is 1. The van der Waals surface area contributed by atoms with Crippen LogP contribution in [0.2, 0.25) is 0 Å². The minimum absolute atomic E-state index is 0.282. The van der Waals surface area contributed by atoms with E-state index >= 15 is 0 Å². The molecule has 1 heterocycles. The van der Waals surface area contributed by atoms with Gasteiger partial charge < -0.3 is 9.20 Å². The van der Waals surface area contributed by atoms with Gasteiger partial charge in [0.25, 0.3) is 16.5 Å². The van der Waals surface area contributed by atoms with Crippen LogP contribution in [0.5, 0.6) is 0 Å². The van der Waals surface area contributed by atoms with E-state index in [1.807, 2.05) is 0 Å². The van der Waals surface area contributed by atoms with Crippen LogP contribution in [-0.2, 0) is 0 Å². The van der Waals surface area contributed by atoms with Crippen molar-refractivity contribution in [3.63, 3.8) is 0 Å². The van der Waals surface area contributed by atoms with Crippen LogP contribution < -0.4 is 5.32 Å². The normalized spacial score (nSPS) is 33.4. The first kappa shape index (κ1) is 12.5. The highest BCUT2D eigenvalue weighted by atomic mass is 27.1. The first-order valence-corrected chi connectivity index (χ1v) is 6.03. The second-order valence-corrected chi connectivity index (χ2v) is 6.47. The van der Waals surface area contributed by atoms with E-state index in [2.05, 4.69) is 60.3 Å². The molecule has 2 nitrogen and oxygen atoms in total. The molecule has 0 amide bonds. The van der Waals surface area contributed by atoms with Crippen LogP contribution in [-0.4, -0.2) is 45.1 Å². The highest BCUT2D eigenvalue weighted by Gasteiger charge is 2.35. The molecule has 1 saturated heterocycles. The number of rotatable bonds is 0. The quantitative estimate of drug-likeness (QED) is 0.610. The molecule has 1 N–H and O–H groups in total. The molecule has 0 spiro atoms. The summed E-state index contributed by atoms with van der Waals surface area (Å²) < 4.78 is 2.38. The molecular formula is C11H23AlN2. The van der Waals surface area contributed by atoms with Crippen LogP contribution in [0.25, 0.3) is 0 Å². The van der Waals surface area contributed by atoms with Crippen LogP contribution in [0.1, 0.15) is 41.0 Å². The Labute approximate surface area is 97.1 Å². The number of nitrogens with zero attached hydrogens (tertiary/aromatic N) is 1. The Morgan fingerprint density at radius 1 is 1.29 bits per heavy atom. The van der Waals surface area contributed by atoms with Crippen molar-refractivity contribution in [1.29, 1.82) is 0 Å². The van der Waals surface area contributed by atoms with E-state index < -0.39 is 0 Å². The minimum Gasteiger partial charge on any atom is -0.397 e. The van der Waals surface area contributed by atoms with E-state index in [1.165, 1.54) is 6.42 Å². The fourth-order valence-electron chi connectivity index (χ4n) is 2.35. The van der Waals surface area contributed by atoms with Crippen molar-refractivity contribution < 1.29 is 0 Å². The average Bonchev–Trinajstić information content (AvgIpc) is 2.00. The van der Waals surface area contributed by atoms with E-state index in [-0.39, 0.29) is 5.54 Å². The lowest BCUT2D eigenvalue weighted by Gasteiger charge is -2.48. The van der Waals surface area contributed by atoms with Crippen molar-refractivity contribution in [3.8, 4) is 0 Å². The van der Waals surface area contributed by atoms with Crippen LogP contribution in [0, 0.1) is 5.41 Å². The summed E-state index contributed by atoms with van der Waals surface area (Å²) in [7, 11) is 0. The largest absolute Gasteiger partial charge is 0.397 e. The summed E-state index contributed by atoms with van der Waals surface area (Å²) in [5.41, 5.74) is 0.642. The van der Waals surface area contributed by atoms with Gasteiger partial charge in [-0.2, -0.15) is 0 Å². The van der Waals surface area contributed by atoms with E-state index in [0.717, 1.165) is 13.1 Å². The van der Waals surface area contributed by atoms with Crippen molar-refractivity contribution in [2.45, 2.75) is 52.6 Å². The van der Waals surface area contributed by atoms with Gasteiger partial charge in [-0.05, 0) is 44.7 Å². The van der Waals surface area contributed by atoms with Crippen LogP contribution >= 0.6 is 0 Å². The monoisotopic (exact) mass is 210 g/mol. The van der Waals surface area contributed by atoms with Gasteiger partial charge in [-0.25, -0.2) is 0 Å². The molecular weight excluding hydrogens is 187 g/mol. The third-order valence-corrected chi connectivity index (χ3v) is 4.60. The SMILES string of the molecule is CC1NCC[N]([Al])C(C)(C)CC1(C)C. The number of nitrogens with one attached hydrogen (secondary N) is 1. The van der Waals surface area contributed by atoms with Crippen molar-refractivity contribution in [3.05, 3.63) is 0 Å². The fourth-order valence-corrected chi connectivity index (χ4v) is 2.57. The van der Waals surface area contributed by atoms with Crippen LogP contribution in [0.3, 0.4) is 0 Å². The second-order valence-electron chi connectivity index (χ2n) is 5.85. The minimum atomic E-state index is 0.282. The summed E-state index contributed by atoms with van der Waals surface area (Å²) in [6.45, 7) is 13.9. The van der Waals surface area contributed by atoms with Crippen molar-refractivity contribution >= 4 is 16.5 Å². The summed E-state index contributed by atoms with van der Waals surface area (Å²) in [5, 5.41) is 3.59. The van der Waals surface area contributed by atoms with Gasteiger partial charge in [0.1, 0.15) is 0 Å². The number of hydrogen-bond acceptors (Lipinski definition) is 2. The van der Waals surface area contributed by atoms with E-state index in [0.29, 0.717) is 11.5 Å². The van der Waals surface area contributed by atoms with Crippen LogP contribution in [0.15, 0.2) is 0 Å².